The molecule has 2 fully saturated rings. The average molecular weight is 233 g/mol. The van der Waals surface area contributed by atoms with Crippen LogP contribution in [0.15, 0.2) is 29.2 Å². The van der Waals surface area contributed by atoms with Crippen molar-refractivity contribution in [3.05, 3.63) is 29.8 Å². The van der Waals surface area contributed by atoms with Gasteiger partial charge in [0, 0.05) is 16.2 Å². The number of nitrogens with one attached hydrogen (secondary N) is 1. The van der Waals surface area contributed by atoms with E-state index in [4.69, 9.17) is 0 Å². The van der Waals surface area contributed by atoms with Crippen molar-refractivity contribution in [2.75, 3.05) is 6.54 Å². The van der Waals surface area contributed by atoms with E-state index in [-0.39, 0.29) is 0 Å². The van der Waals surface area contributed by atoms with Crippen molar-refractivity contribution >= 4 is 11.8 Å². The summed E-state index contributed by atoms with van der Waals surface area (Å²) in [6, 6.07) is 9.94. The van der Waals surface area contributed by atoms with Gasteiger partial charge in [-0.15, -0.1) is 11.8 Å². The quantitative estimate of drug-likeness (QED) is 0.857. The van der Waals surface area contributed by atoms with Crippen molar-refractivity contribution in [1.82, 2.24) is 5.32 Å². The molecule has 2 aliphatic rings. The molecule has 1 N–H and O–H groups in total. The Morgan fingerprint density at radius 3 is 2.56 bits per heavy atom. The molecule has 1 aromatic carbocycles. The smallest absolute Gasteiger partial charge is 0.0108 e. The van der Waals surface area contributed by atoms with Crippen LogP contribution in [-0.2, 0) is 6.42 Å². The van der Waals surface area contributed by atoms with Gasteiger partial charge in [0.2, 0.25) is 0 Å². The average Bonchev–Trinajstić information content (AvgIpc) is 2.96. The molecule has 0 spiro atoms. The van der Waals surface area contributed by atoms with Crippen molar-refractivity contribution in [3.63, 3.8) is 0 Å². The van der Waals surface area contributed by atoms with Gasteiger partial charge in [-0.25, -0.2) is 0 Å². The van der Waals surface area contributed by atoms with Gasteiger partial charge in [0.25, 0.3) is 0 Å². The second kappa shape index (κ2) is 4.80. The van der Waals surface area contributed by atoms with Crippen molar-refractivity contribution < 1.29 is 0 Å². The Bertz CT molecular complexity index is 336. The molecule has 0 amide bonds. The van der Waals surface area contributed by atoms with Crippen LogP contribution < -0.4 is 5.32 Å². The molecule has 3 rings (SSSR count). The van der Waals surface area contributed by atoms with Crippen LogP contribution in [0.4, 0.5) is 0 Å². The molecule has 1 atom stereocenters. The number of hydrogen-bond acceptors (Lipinski definition) is 2. The molecule has 1 saturated heterocycles. The monoisotopic (exact) mass is 233 g/mol. The third-order valence-corrected chi connectivity index (χ3v) is 4.74. The molecule has 1 aliphatic heterocycles. The number of hydrogen-bond donors (Lipinski definition) is 1. The van der Waals surface area contributed by atoms with Crippen LogP contribution in [0, 0.1) is 0 Å². The van der Waals surface area contributed by atoms with Crippen molar-refractivity contribution in [3.8, 4) is 0 Å². The maximum atomic E-state index is 3.56. The molecule has 2 heteroatoms. The number of rotatable bonds is 4. The molecule has 0 bridgehead atoms. The fraction of sp³-hybridized carbons (Fsp3) is 0.571. The van der Waals surface area contributed by atoms with Crippen LogP contribution in [0.5, 0.6) is 0 Å². The maximum absolute atomic E-state index is 3.56. The lowest BCUT2D eigenvalue weighted by Gasteiger charge is -2.10. The summed E-state index contributed by atoms with van der Waals surface area (Å²) < 4.78 is 0. The summed E-state index contributed by atoms with van der Waals surface area (Å²) in [5.74, 6) is 0. The lowest BCUT2D eigenvalue weighted by Crippen LogP contribution is -2.23. The zero-order chi connectivity index (χ0) is 10.8. The molecule has 1 unspecified atom stereocenters. The first-order valence-electron chi connectivity index (χ1n) is 6.39. The Morgan fingerprint density at radius 2 is 1.94 bits per heavy atom. The van der Waals surface area contributed by atoms with Crippen LogP contribution in [0.3, 0.4) is 0 Å². The summed E-state index contributed by atoms with van der Waals surface area (Å²) in [6.07, 6.45) is 6.73. The molecule has 1 aliphatic carbocycles. The highest BCUT2D eigenvalue weighted by Gasteiger charge is 2.22. The Labute approximate surface area is 102 Å². The third-order valence-electron chi connectivity index (χ3n) is 3.39. The second-order valence-electron chi connectivity index (χ2n) is 4.96. The van der Waals surface area contributed by atoms with E-state index >= 15 is 0 Å². The fourth-order valence-corrected chi connectivity index (χ4v) is 3.35. The van der Waals surface area contributed by atoms with Crippen molar-refractivity contribution in [2.45, 2.75) is 48.3 Å². The number of benzene rings is 1. The van der Waals surface area contributed by atoms with E-state index in [9.17, 15) is 0 Å². The van der Waals surface area contributed by atoms with Gasteiger partial charge in [-0.2, -0.15) is 0 Å². The molecule has 0 radical (unpaired) electrons. The predicted octanol–water partition coefficient (Wildman–Crippen LogP) is 3.24. The lowest BCUT2D eigenvalue weighted by molar-refractivity contribution is 0.603. The standard InChI is InChI=1S/C14H19NS/c1-2-12(15-9-1)10-11-3-5-13(6-4-11)16-14-7-8-14/h3-6,12,14-15H,1-2,7-10H2. The summed E-state index contributed by atoms with van der Waals surface area (Å²) in [6.45, 7) is 1.21. The van der Waals surface area contributed by atoms with Gasteiger partial charge in [-0.1, -0.05) is 12.1 Å². The van der Waals surface area contributed by atoms with Crippen LogP contribution in [0.25, 0.3) is 0 Å². The topological polar surface area (TPSA) is 12.0 Å². The predicted molar refractivity (Wildman–Crippen MR) is 70.0 cm³/mol. The van der Waals surface area contributed by atoms with Crippen molar-refractivity contribution in [1.29, 1.82) is 0 Å². The second-order valence-corrected chi connectivity index (χ2v) is 6.33. The molecule has 86 valence electrons. The molecular formula is C14H19NS. The minimum atomic E-state index is 0.724. The Hall–Kier alpha value is -0.470. The van der Waals surface area contributed by atoms with Gasteiger partial charge < -0.3 is 5.32 Å². The SMILES string of the molecule is c1cc(SC2CC2)ccc1CC1CCCN1. The van der Waals surface area contributed by atoms with Crippen LogP contribution >= 0.6 is 11.8 Å². The number of thioether (sulfide) groups is 1. The summed E-state index contributed by atoms with van der Waals surface area (Å²) in [4.78, 5) is 1.45. The van der Waals surface area contributed by atoms with Crippen LogP contribution in [-0.4, -0.2) is 17.8 Å². The van der Waals surface area contributed by atoms with Gasteiger partial charge >= 0.3 is 0 Å². The first-order chi connectivity index (χ1) is 7.90. The largest absolute Gasteiger partial charge is 0.314 e. The zero-order valence-corrected chi connectivity index (χ0v) is 10.4. The third kappa shape index (κ3) is 2.80. The molecule has 16 heavy (non-hydrogen) atoms. The minimum Gasteiger partial charge on any atom is -0.314 e. The molecule has 1 aromatic rings. The van der Waals surface area contributed by atoms with E-state index in [0.29, 0.717) is 0 Å². The molecule has 1 heterocycles. The molecule has 0 aromatic heterocycles. The van der Waals surface area contributed by atoms with Crippen molar-refractivity contribution in [2.24, 2.45) is 0 Å². The normalized spacial score (nSPS) is 24.9. The van der Waals surface area contributed by atoms with Gasteiger partial charge in [0.05, 0.1) is 0 Å². The van der Waals surface area contributed by atoms with E-state index in [1.54, 1.807) is 0 Å². The summed E-state index contributed by atoms with van der Waals surface area (Å²) in [5, 5.41) is 4.48. The highest BCUT2D eigenvalue weighted by molar-refractivity contribution is 8.00. The highest BCUT2D eigenvalue weighted by atomic mass is 32.2. The van der Waals surface area contributed by atoms with E-state index in [1.165, 1.54) is 49.1 Å². The Morgan fingerprint density at radius 1 is 1.12 bits per heavy atom. The molecule has 1 saturated carbocycles. The van der Waals surface area contributed by atoms with E-state index in [0.717, 1.165) is 11.3 Å². The minimum absolute atomic E-state index is 0.724. The Balaban J connectivity index is 1.57. The van der Waals surface area contributed by atoms with Crippen LogP contribution in [0.1, 0.15) is 31.2 Å². The molecular weight excluding hydrogens is 214 g/mol. The maximum Gasteiger partial charge on any atom is 0.0108 e. The van der Waals surface area contributed by atoms with E-state index in [1.807, 2.05) is 11.8 Å². The fourth-order valence-electron chi connectivity index (χ4n) is 2.30. The highest BCUT2D eigenvalue weighted by Crippen LogP contribution is 2.39. The van der Waals surface area contributed by atoms with Gasteiger partial charge in [-0.05, 0) is 56.3 Å². The first-order valence-corrected chi connectivity index (χ1v) is 7.27. The van der Waals surface area contributed by atoms with E-state index in [2.05, 4.69) is 29.6 Å². The summed E-state index contributed by atoms with van der Waals surface area (Å²) in [5.41, 5.74) is 1.49. The molecule has 1 nitrogen and oxygen atoms in total. The van der Waals surface area contributed by atoms with Gasteiger partial charge in [0.15, 0.2) is 0 Å². The summed E-state index contributed by atoms with van der Waals surface area (Å²) >= 11 is 2.05. The van der Waals surface area contributed by atoms with E-state index < -0.39 is 0 Å². The van der Waals surface area contributed by atoms with Crippen LogP contribution in [0.2, 0.25) is 0 Å². The van der Waals surface area contributed by atoms with Gasteiger partial charge in [0.1, 0.15) is 0 Å². The van der Waals surface area contributed by atoms with Gasteiger partial charge in [-0.3, -0.25) is 0 Å². The lowest BCUT2D eigenvalue weighted by atomic mass is 10.1. The zero-order valence-electron chi connectivity index (χ0n) is 9.61. The Kier molecular flexibility index (Phi) is 3.20. The summed E-state index contributed by atoms with van der Waals surface area (Å²) in [7, 11) is 0. The first kappa shape index (κ1) is 10.7.